The Labute approximate surface area is 215 Å². The summed E-state index contributed by atoms with van der Waals surface area (Å²) in [6, 6.07) is 15.3. The second-order valence-electron chi connectivity index (χ2n) is 8.33. The first-order valence-corrected chi connectivity index (χ1v) is 11.9. The Morgan fingerprint density at radius 1 is 1.03 bits per heavy atom. The van der Waals surface area contributed by atoms with E-state index in [2.05, 4.69) is 68.7 Å². The molecule has 2 aliphatic rings. The number of halogens is 1. The van der Waals surface area contributed by atoms with Gasteiger partial charge in [0.15, 0.2) is 5.96 Å². The van der Waals surface area contributed by atoms with Gasteiger partial charge >= 0.3 is 0 Å². The maximum atomic E-state index is 5.50. The van der Waals surface area contributed by atoms with Crippen LogP contribution < -0.4 is 15.5 Å². The van der Waals surface area contributed by atoms with E-state index in [1.165, 1.54) is 18.4 Å². The molecule has 1 aromatic heterocycles. The van der Waals surface area contributed by atoms with Gasteiger partial charge in [-0.05, 0) is 44.5 Å². The van der Waals surface area contributed by atoms with Crippen molar-refractivity contribution in [2.24, 2.45) is 4.99 Å². The van der Waals surface area contributed by atoms with E-state index in [9.17, 15) is 0 Å². The van der Waals surface area contributed by atoms with Gasteiger partial charge in [-0.15, -0.1) is 24.0 Å². The molecule has 0 aliphatic carbocycles. The summed E-state index contributed by atoms with van der Waals surface area (Å²) < 4.78 is 5.50. The minimum atomic E-state index is 0. The van der Waals surface area contributed by atoms with Crippen molar-refractivity contribution in [3.8, 4) is 0 Å². The van der Waals surface area contributed by atoms with Crippen LogP contribution in [0.3, 0.4) is 0 Å². The van der Waals surface area contributed by atoms with Crippen molar-refractivity contribution < 1.29 is 4.74 Å². The molecule has 2 aromatic rings. The van der Waals surface area contributed by atoms with Crippen molar-refractivity contribution in [3.63, 3.8) is 0 Å². The Kier molecular flexibility index (Phi) is 10.7. The molecule has 3 heterocycles. The van der Waals surface area contributed by atoms with Gasteiger partial charge in [-0.1, -0.05) is 36.4 Å². The van der Waals surface area contributed by atoms with Crippen molar-refractivity contribution >= 4 is 35.8 Å². The smallest absolute Gasteiger partial charge is 0.191 e. The number of aliphatic imine (C=N–C) groups is 1. The lowest BCUT2D eigenvalue weighted by Crippen LogP contribution is -2.42. The van der Waals surface area contributed by atoms with Gasteiger partial charge in [0.1, 0.15) is 5.82 Å². The molecule has 0 saturated carbocycles. The molecule has 0 spiro atoms. The predicted molar refractivity (Wildman–Crippen MR) is 145 cm³/mol. The third-order valence-electron chi connectivity index (χ3n) is 6.16. The molecule has 2 N–H and O–H groups in total. The van der Waals surface area contributed by atoms with Crippen molar-refractivity contribution in [1.29, 1.82) is 0 Å². The molecule has 1 atom stereocenters. The van der Waals surface area contributed by atoms with Crippen LogP contribution in [0, 0.1) is 0 Å². The summed E-state index contributed by atoms with van der Waals surface area (Å²) in [4.78, 5) is 14.4. The summed E-state index contributed by atoms with van der Waals surface area (Å²) >= 11 is 0. The zero-order valence-corrected chi connectivity index (χ0v) is 21.9. The Morgan fingerprint density at radius 2 is 1.79 bits per heavy atom. The maximum absolute atomic E-state index is 5.50. The number of ether oxygens (including phenoxy) is 1. The summed E-state index contributed by atoms with van der Waals surface area (Å²) in [5.74, 6) is 1.87. The number of aromatic nitrogens is 1. The topological polar surface area (TPSA) is 65.0 Å². The predicted octanol–water partition coefficient (Wildman–Crippen LogP) is 3.43. The molecule has 1 aromatic carbocycles. The standard InChI is InChI=1S/C25H36N6O.HI/c1-2-26-25(28-19-22-11-8-12-27-24(22)31-15-17-32-18-16-31)29-20-23(30-13-6-7-14-30)21-9-4-3-5-10-21;/h3-5,8-12,23H,2,6-7,13-20H2,1H3,(H2,26,28,29);1H. The summed E-state index contributed by atoms with van der Waals surface area (Å²) in [5.41, 5.74) is 2.50. The van der Waals surface area contributed by atoms with Crippen LogP contribution in [-0.2, 0) is 11.3 Å². The Balaban J connectivity index is 0.00000306. The fourth-order valence-corrected chi connectivity index (χ4v) is 4.50. The van der Waals surface area contributed by atoms with E-state index in [1.54, 1.807) is 0 Å². The van der Waals surface area contributed by atoms with Crippen LogP contribution in [0.15, 0.2) is 53.7 Å². The molecule has 1 unspecified atom stereocenters. The monoisotopic (exact) mass is 564 g/mol. The third kappa shape index (κ3) is 7.28. The highest BCUT2D eigenvalue weighted by Crippen LogP contribution is 2.24. The molecule has 33 heavy (non-hydrogen) atoms. The van der Waals surface area contributed by atoms with Gasteiger partial charge < -0.3 is 20.3 Å². The Hall–Kier alpha value is -1.91. The van der Waals surface area contributed by atoms with E-state index >= 15 is 0 Å². The number of benzene rings is 1. The highest BCUT2D eigenvalue weighted by atomic mass is 127. The number of nitrogens with zero attached hydrogens (tertiary/aromatic N) is 4. The van der Waals surface area contributed by atoms with E-state index in [4.69, 9.17) is 9.73 Å². The molecule has 4 rings (SSSR count). The first-order chi connectivity index (χ1) is 15.8. The summed E-state index contributed by atoms with van der Waals surface area (Å²) in [7, 11) is 0. The van der Waals surface area contributed by atoms with Crippen molar-refractivity contribution in [3.05, 3.63) is 59.8 Å². The Morgan fingerprint density at radius 3 is 2.52 bits per heavy atom. The van der Waals surface area contributed by atoms with Gasteiger partial charge in [0, 0.05) is 37.9 Å². The highest BCUT2D eigenvalue weighted by molar-refractivity contribution is 14.0. The number of anilines is 1. The number of likely N-dealkylation sites (tertiary alicyclic amines) is 1. The van der Waals surface area contributed by atoms with Crippen LogP contribution in [-0.4, -0.2) is 68.3 Å². The normalized spacial score (nSPS) is 18.0. The molecule has 0 amide bonds. The second-order valence-corrected chi connectivity index (χ2v) is 8.33. The van der Waals surface area contributed by atoms with Crippen molar-refractivity contribution in [2.75, 3.05) is 57.4 Å². The van der Waals surface area contributed by atoms with Crippen LogP contribution in [0.4, 0.5) is 5.82 Å². The molecule has 2 saturated heterocycles. The SMILES string of the molecule is CCNC(=NCc1cccnc1N1CCOCC1)NCC(c1ccccc1)N1CCCC1.I. The number of morpholine rings is 1. The molecule has 0 radical (unpaired) electrons. The van der Waals surface area contributed by atoms with Gasteiger partial charge in [0.25, 0.3) is 0 Å². The summed E-state index contributed by atoms with van der Waals surface area (Å²) in [6.45, 7) is 9.93. The lowest BCUT2D eigenvalue weighted by Gasteiger charge is -2.29. The number of pyridine rings is 1. The third-order valence-corrected chi connectivity index (χ3v) is 6.16. The molecule has 0 bridgehead atoms. The van der Waals surface area contributed by atoms with Gasteiger partial charge in [-0.25, -0.2) is 9.98 Å². The van der Waals surface area contributed by atoms with E-state index in [0.29, 0.717) is 12.6 Å². The fraction of sp³-hybridized carbons (Fsp3) is 0.520. The molecule has 2 fully saturated rings. The van der Waals surface area contributed by atoms with Gasteiger partial charge in [-0.3, -0.25) is 4.90 Å². The van der Waals surface area contributed by atoms with E-state index in [0.717, 1.165) is 69.8 Å². The van der Waals surface area contributed by atoms with E-state index in [-0.39, 0.29) is 24.0 Å². The molecule has 180 valence electrons. The number of hydrogen-bond acceptors (Lipinski definition) is 5. The fourth-order valence-electron chi connectivity index (χ4n) is 4.50. The second kappa shape index (κ2) is 13.7. The van der Waals surface area contributed by atoms with E-state index in [1.807, 2.05) is 12.3 Å². The molecule has 7 nitrogen and oxygen atoms in total. The van der Waals surface area contributed by atoms with Crippen LogP contribution in [0.5, 0.6) is 0 Å². The average Bonchev–Trinajstić information content (AvgIpc) is 3.39. The van der Waals surface area contributed by atoms with Gasteiger partial charge in [-0.2, -0.15) is 0 Å². The highest BCUT2D eigenvalue weighted by Gasteiger charge is 2.23. The first kappa shape index (κ1) is 25.7. The van der Waals surface area contributed by atoms with Crippen LogP contribution in [0.2, 0.25) is 0 Å². The van der Waals surface area contributed by atoms with Crippen LogP contribution in [0.25, 0.3) is 0 Å². The number of hydrogen-bond donors (Lipinski definition) is 2. The van der Waals surface area contributed by atoms with Crippen LogP contribution in [0.1, 0.15) is 36.9 Å². The van der Waals surface area contributed by atoms with E-state index < -0.39 is 0 Å². The first-order valence-electron chi connectivity index (χ1n) is 11.9. The molecular weight excluding hydrogens is 527 g/mol. The average molecular weight is 565 g/mol. The quantitative estimate of drug-likeness (QED) is 0.291. The summed E-state index contributed by atoms with van der Waals surface area (Å²) in [5, 5.41) is 7.02. The van der Waals surface area contributed by atoms with Crippen molar-refractivity contribution in [2.45, 2.75) is 32.4 Å². The largest absolute Gasteiger partial charge is 0.378 e. The van der Waals surface area contributed by atoms with Gasteiger partial charge in [0.05, 0.1) is 25.8 Å². The number of nitrogens with one attached hydrogen (secondary N) is 2. The minimum Gasteiger partial charge on any atom is -0.378 e. The number of rotatable bonds is 8. The van der Waals surface area contributed by atoms with Crippen LogP contribution >= 0.6 is 24.0 Å². The lowest BCUT2D eigenvalue weighted by atomic mass is 10.1. The minimum absolute atomic E-state index is 0. The van der Waals surface area contributed by atoms with Gasteiger partial charge in [0.2, 0.25) is 0 Å². The zero-order chi connectivity index (χ0) is 22.0. The van der Waals surface area contributed by atoms with Crippen molar-refractivity contribution in [1.82, 2.24) is 20.5 Å². The molecule has 2 aliphatic heterocycles. The lowest BCUT2D eigenvalue weighted by molar-refractivity contribution is 0.122. The Bertz CT molecular complexity index is 853. The number of guanidine groups is 1. The summed E-state index contributed by atoms with van der Waals surface area (Å²) in [6.07, 6.45) is 4.42. The molecule has 8 heteroatoms. The maximum Gasteiger partial charge on any atom is 0.191 e. The molecular formula is C25H37IN6O. The zero-order valence-electron chi connectivity index (χ0n) is 19.6.